The summed E-state index contributed by atoms with van der Waals surface area (Å²) in [4.78, 5) is 15.7. The molecule has 0 saturated carbocycles. The molecule has 16 heavy (non-hydrogen) atoms. The van der Waals surface area contributed by atoms with Crippen molar-refractivity contribution in [1.82, 2.24) is 10.6 Å². The molecule has 1 heterocycles. The summed E-state index contributed by atoms with van der Waals surface area (Å²) in [6.45, 7) is 5.56. The first-order chi connectivity index (χ1) is 7.76. The Morgan fingerprint density at radius 3 is 3.06 bits per heavy atom. The molecular weight excluding hydrogens is 222 g/mol. The van der Waals surface area contributed by atoms with Crippen molar-refractivity contribution in [2.24, 2.45) is 4.99 Å². The summed E-state index contributed by atoms with van der Waals surface area (Å²) in [5.41, 5.74) is 0. The first kappa shape index (κ1) is 13.4. The number of rotatable bonds is 6. The van der Waals surface area contributed by atoms with Crippen LogP contribution >= 0.6 is 11.8 Å². The van der Waals surface area contributed by atoms with Crippen molar-refractivity contribution < 1.29 is 4.79 Å². The van der Waals surface area contributed by atoms with Gasteiger partial charge in [-0.15, -0.1) is 0 Å². The standard InChI is InChI=1S/C11H21N3OS/c1-3-6-12-10(15)5-7-13-11-14-9(4-2)8-16-11/h9H,3-8H2,1-2H3,(H,12,15)(H,13,14). The Balaban J connectivity index is 2.14. The summed E-state index contributed by atoms with van der Waals surface area (Å²) in [7, 11) is 0. The number of carbonyl (C=O) groups is 1. The van der Waals surface area contributed by atoms with Gasteiger partial charge in [-0.1, -0.05) is 25.6 Å². The summed E-state index contributed by atoms with van der Waals surface area (Å²) < 4.78 is 0. The van der Waals surface area contributed by atoms with E-state index in [9.17, 15) is 4.79 Å². The van der Waals surface area contributed by atoms with E-state index < -0.39 is 0 Å². The monoisotopic (exact) mass is 243 g/mol. The molecule has 1 atom stereocenters. The molecule has 1 fully saturated rings. The molecule has 1 rings (SSSR count). The summed E-state index contributed by atoms with van der Waals surface area (Å²) in [5.74, 6) is 1.19. The zero-order valence-electron chi connectivity index (χ0n) is 10.1. The molecule has 0 spiro atoms. The molecular formula is C11H21N3OS. The van der Waals surface area contributed by atoms with Crippen molar-refractivity contribution in [2.75, 3.05) is 18.8 Å². The van der Waals surface area contributed by atoms with Crippen LogP contribution in [0, 0.1) is 0 Å². The van der Waals surface area contributed by atoms with Gasteiger partial charge in [0.1, 0.15) is 0 Å². The molecule has 92 valence electrons. The number of hydrogen-bond donors (Lipinski definition) is 2. The number of carbonyl (C=O) groups excluding carboxylic acids is 1. The fourth-order valence-corrected chi connectivity index (χ4v) is 2.47. The number of amidine groups is 1. The third-order valence-electron chi connectivity index (χ3n) is 2.41. The zero-order valence-corrected chi connectivity index (χ0v) is 10.9. The highest BCUT2D eigenvalue weighted by atomic mass is 32.2. The quantitative estimate of drug-likeness (QED) is 0.741. The summed E-state index contributed by atoms with van der Waals surface area (Å²) in [6.07, 6.45) is 2.60. The van der Waals surface area contributed by atoms with Crippen molar-refractivity contribution in [3.8, 4) is 0 Å². The van der Waals surface area contributed by atoms with Crippen LogP contribution < -0.4 is 10.6 Å². The maximum Gasteiger partial charge on any atom is 0.221 e. The Morgan fingerprint density at radius 1 is 1.62 bits per heavy atom. The Hall–Kier alpha value is -0.710. The minimum atomic E-state index is 0.0984. The predicted molar refractivity (Wildman–Crippen MR) is 69.9 cm³/mol. The maximum absolute atomic E-state index is 11.3. The van der Waals surface area contributed by atoms with Crippen molar-refractivity contribution in [2.45, 2.75) is 39.2 Å². The molecule has 0 aromatic heterocycles. The highest BCUT2D eigenvalue weighted by Gasteiger charge is 2.17. The Labute approximate surface area is 102 Å². The van der Waals surface area contributed by atoms with E-state index in [0.29, 0.717) is 19.0 Å². The van der Waals surface area contributed by atoms with E-state index in [0.717, 1.165) is 30.3 Å². The SMILES string of the molecule is CCCNC(=O)CCN=C1NC(CC)CS1. The van der Waals surface area contributed by atoms with Crippen LogP contribution in [0.25, 0.3) is 0 Å². The molecule has 1 aliphatic heterocycles. The Bertz CT molecular complexity index is 256. The van der Waals surface area contributed by atoms with Gasteiger partial charge in [-0.3, -0.25) is 9.79 Å². The van der Waals surface area contributed by atoms with E-state index >= 15 is 0 Å². The van der Waals surface area contributed by atoms with Gasteiger partial charge in [-0.2, -0.15) is 0 Å². The molecule has 0 radical (unpaired) electrons. The van der Waals surface area contributed by atoms with Gasteiger partial charge in [-0.25, -0.2) is 0 Å². The smallest absolute Gasteiger partial charge is 0.221 e. The van der Waals surface area contributed by atoms with Crippen LogP contribution in [0.4, 0.5) is 0 Å². The van der Waals surface area contributed by atoms with Crippen LogP contribution in [-0.4, -0.2) is 36.0 Å². The van der Waals surface area contributed by atoms with Gasteiger partial charge in [0.15, 0.2) is 5.17 Å². The van der Waals surface area contributed by atoms with Gasteiger partial charge in [0.2, 0.25) is 5.91 Å². The van der Waals surface area contributed by atoms with Crippen molar-refractivity contribution >= 4 is 22.8 Å². The largest absolute Gasteiger partial charge is 0.361 e. The lowest BCUT2D eigenvalue weighted by Crippen LogP contribution is -2.27. The lowest BCUT2D eigenvalue weighted by molar-refractivity contribution is -0.120. The van der Waals surface area contributed by atoms with Crippen LogP contribution in [0.2, 0.25) is 0 Å². The highest BCUT2D eigenvalue weighted by molar-refractivity contribution is 8.14. The second-order valence-corrected chi connectivity index (χ2v) is 4.86. The van der Waals surface area contributed by atoms with Gasteiger partial charge < -0.3 is 10.6 Å². The van der Waals surface area contributed by atoms with Crippen molar-refractivity contribution in [1.29, 1.82) is 0 Å². The van der Waals surface area contributed by atoms with E-state index in [1.807, 2.05) is 6.92 Å². The summed E-state index contributed by atoms with van der Waals surface area (Å²) in [5, 5.41) is 7.18. The lowest BCUT2D eigenvalue weighted by Gasteiger charge is -2.05. The molecule has 0 aromatic rings. The van der Waals surface area contributed by atoms with E-state index in [1.165, 1.54) is 0 Å². The van der Waals surface area contributed by atoms with Gasteiger partial charge in [0.05, 0.1) is 6.54 Å². The zero-order chi connectivity index (χ0) is 11.8. The molecule has 1 unspecified atom stereocenters. The molecule has 1 saturated heterocycles. The maximum atomic E-state index is 11.3. The predicted octanol–water partition coefficient (Wildman–Crippen LogP) is 1.37. The fraction of sp³-hybridized carbons (Fsp3) is 0.818. The van der Waals surface area contributed by atoms with Crippen LogP contribution in [-0.2, 0) is 4.79 Å². The van der Waals surface area contributed by atoms with E-state index in [2.05, 4.69) is 22.5 Å². The molecule has 4 nitrogen and oxygen atoms in total. The van der Waals surface area contributed by atoms with E-state index in [4.69, 9.17) is 0 Å². The van der Waals surface area contributed by atoms with Crippen LogP contribution in [0.5, 0.6) is 0 Å². The number of nitrogens with one attached hydrogen (secondary N) is 2. The highest BCUT2D eigenvalue weighted by Crippen LogP contribution is 2.15. The fourth-order valence-electron chi connectivity index (χ4n) is 1.36. The molecule has 0 bridgehead atoms. The third kappa shape index (κ3) is 4.88. The first-order valence-electron chi connectivity index (χ1n) is 5.96. The van der Waals surface area contributed by atoms with Gasteiger partial charge in [-0.05, 0) is 12.8 Å². The van der Waals surface area contributed by atoms with Crippen LogP contribution in [0.15, 0.2) is 4.99 Å². The average Bonchev–Trinajstić information content (AvgIpc) is 2.74. The third-order valence-corrected chi connectivity index (χ3v) is 3.50. The Kier molecular flexibility index (Phi) is 6.30. The number of amides is 1. The van der Waals surface area contributed by atoms with E-state index in [1.54, 1.807) is 11.8 Å². The van der Waals surface area contributed by atoms with Gasteiger partial charge in [0.25, 0.3) is 0 Å². The van der Waals surface area contributed by atoms with Crippen molar-refractivity contribution in [3.63, 3.8) is 0 Å². The molecule has 2 N–H and O–H groups in total. The van der Waals surface area contributed by atoms with E-state index in [-0.39, 0.29) is 5.91 Å². The van der Waals surface area contributed by atoms with Gasteiger partial charge in [0, 0.05) is 24.8 Å². The van der Waals surface area contributed by atoms with Gasteiger partial charge >= 0.3 is 0 Å². The molecule has 0 aliphatic carbocycles. The molecule has 1 aliphatic rings. The topological polar surface area (TPSA) is 53.5 Å². The minimum Gasteiger partial charge on any atom is -0.361 e. The lowest BCUT2D eigenvalue weighted by atomic mass is 10.3. The number of aliphatic imine (C=N–C) groups is 1. The Morgan fingerprint density at radius 2 is 2.44 bits per heavy atom. The first-order valence-corrected chi connectivity index (χ1v) is 6.95. The normalized spacial score (nSPS) is 22.1. The second-order valence-electron chi connectivity index (χ2n) is 3.85. The average molecular weight is 243 g/mol. The number of nitrogens with zero attached hydrogens (tertiary/aromatic N) is 1. The number of hydrogen-bond acceptors (Lipinski definition) is 3. The van der Waals surface area contributed by atoms with Crippen LogP contribution in [0.1, 0.15) is 33.1 Å². The molecule has 5 heteroatoms. The minimum absolute atomic E-state index is 0.0984. The van der Waals surface area contributed by atoms with Crippen LogP contribution in [0.3, 0.4) is 0 Å². The van der Waals surface area contributed by atoms with Crippen molar-refractivity contribution in [3.05, 3.63) is 0 Å². The number of thioether (sulfide) groups is 1. The summed E-state index contributed by atoms with van der Waals surface area (Å²) >= 11 is 1.75. The summed E-state index contributed by atoms with van der Waals surface area (Å²) in [6, 6.07) is 0.553. The molecule has 0 aromatic carbocycles. The molecule has 1 amide bonds. The second kappa shape index (κ2) is 7.54.